The third kappa shape index (κ3) is 3.42. The highest BCUT2D eigenvalue weighted by Crippen LogP contribution is 2.35. The van der Waals surface area contributed by atoms with E-state index in [-0.39, 0.29) is 6.10 Å². The Morgan fingerprint density at radius 2 is 2.03 bits per heavy atom. The first-order valence-corrected chi connectivity index (χ1v) is 10.9. The summed E-state index contributed by atoms with van der Waals surface area (Å²) in [5.74, 6) is 0.610. The van der Waals surface area contributed by atoms with Gasteiger partial charge in [0.25, 0.3) is 0 Å². The minimum atomic E-state index is -0.249. The van der Waals surface area contributed by atoms with Gasteiger partial charge in [-0.05, 0) is 51.9 Å². The smallest absolute Gasteiger partial charge is 0.148 e. The van der Waals surface area contributed by atoms with Gasteiger partial charge in [-0.2, -0.15) is 20.6 Å². The Morgan fingerprint density at radius 3 is 2.75 bits per heavy atom. The molecule has 0 bridgehead atoms. The Bertz CT molecular complexity index is 1300. The van der Waals surface area contributed by atoms with E-state index in [1.54, 1.807) is 21.6 Å². The highest BCUT2D eigenvalue weighted by molar-refractivity contribution is 5.76. The average molecular weight is 431 g/mol. The number of hydrogen-bond donors (Lipinski definition) is 1. The maximum absolute atomic E-state index is 9.60. The van der Waals surface area contributed by atoms with E-state index in [1.807, 2.05) is 38.5 Å². The summed E-state index contributed by atoms with van der Waals surface area (Å²) in [6.45, 7) is 6.11. The van der Waals surface area contributed by atoms with Gasteiger partial charge in [0.1, 0.15) is 29.0 Å². The molecule has 0 unspecified atom stereocenters. The fourth-order valence-electron chi connectivity index (χ4n) is 4.56. The van der Waals surface area contributed by atoms with E-state index < -0.39 is 0 Å². The van der Waals surface area contributed by atoms with Crippen LogP contribution in [0.3, 0.4) is 0 Å². The largest absolute Gasteiger partial charge is 0.482 e. The Balaban J connectivity index is 1.57. The normalized spacial score (nSPS) is 15.7. The summed E-state index contributed by atoms with van der Waals surface area (Å²) < 4.78 is 12.0. The van der Waals surface area contributed by atoms with E-state index in [4.69, 9.17) is 9.84 Å². The predicted octanol–water partition coefficient (Wildman–Crippen LogP) is 3.18. The summed E-state index contributed by atoms with van der Waals surface area (Å²) in [6.07, 6.45) is 9.08. The number of aryl methyl sites for hydroxylation is 1. The van der Waals surface area contributed by atoms with Gasteiger partial charge in [-0.15, -0.1) is 0 Å². The molecule has 0 amide bonds. The van der Waals surface area contributed by atoms with Crippen LogP contribution in [0.1, 0.15) is 48.9 Å². The lowest BCUT2D eigenvalue weighted by Gasteiger charge is -2.24. The van der Waals surface area contributed by atoms with Crippen LogP contribution in [0.5, 0.6) is 5.75 Å². The first-order valence-electron chi connectivity index (χ1n) is 10.9. The van der Waals surface area contributed by atoms with Gasteiger partial charge in [-0.25, -0.2) is 4.52 Å². The van der Waals surface area contributed by atoms with Crippen LogP contribution in [0.25, 0.3) is 16.6 Å². The SMILES string of the molecule is Cc1c(-c2cc(O[C@H](C)c3ccnn3C)c3c(C#N)cnn3c2)cnn1C1CCNCC1. The third-order valence-electron chi connectivity index (χ3n) is 6.29. The van der Waals surface area contributed by atoms with Gasteiger partial charge in [0, 0.05) is 36.3 Å². The van der Waals surface area contributed by atoms with Crippen molar-refractivity contribution in [3.8, 4) is 22.9 Å². The summed E-state index contributed by atoms with van der Waals surface area (Å²) in [5.41, 5.74) is 5.20. The number of nitrogens with zero attached hydrogens (tertiary/aromatic N) is 7. The lowest BCUT2D eigenvalue weighted by molar-refractivity contribution is 0.218. The van der Waals surface area contributed by atoms with Gasteiger partial charge in [0.2, 0.25) is 0 Å². The van der Waals surface area contributed by atoms with E-state index in [2.05, 4.69) is 33.2 Å². The summed E-state index contributed by atoms with van der Waals surface area (Å²) in [6, 6.07) is 6.55. The zero-order chi connectivity index (χ0) is 22.2. The van der Waals surface area contributed by atoms with Crippen molar-refractivity contribution >= 4 is 5.52 Å². The molecule has 1 aliphatic heterocycles. The van der Waals surface area contributed by atoms with Gasteiger partial charge in [0.15, 0.2) is 0 Å². The predicted molar refractivity (Wildman–Crippen MR) is 119 cm³/mol. The van der Waals surface area contributed by atoms with Crippen LogP contribution < -0.4 is 10.1 Å². The van der Waals surface area contributed by atoms with Gasteiger partial charge < -0.3 is 10.1 Å². The molecular formula is C23H26N8O. The minimum Gasteiger partial charge on any atom is -0.482 e. The van der Waals surface area contributed by atoms with Crippen molar-refractivity contribution in [2.75, 3.05) is 13.1 Å². The fourth-order valence-corrected chi connectivity index (χ4v) is 4.56. The van der Waals surface area contributed by atoms with Gasteiger partial charge in [-0.1, -0.05) is 0 Å². The van der Waals surface area contributed by atoms with E-state index >= 15 is 0 Å². The van der Waals surface area contributed by atoms with E-state index in [0.717, 1.165) is 48.4 Å². The molecule has 1 atom stereocenters. The number of aromatic nitrogens is 6. The van der Waals surface area contributed by atoms with Crippen molar-refractivity contribution < 1.29 is 4.74 Å². The van der Waals surface area contributed by atoms with Crippen LogP contribution in [0.15, 0.2) is 36.9 Å². The number of pyridine rings is 1. The van der Waals surface area contributed by atoms with Crippen molar-refractivity contribution in [2.24, 2.45) is 7.05 Å². The number of hydrogen-bond acceptors (Lipinski definition) is 6. The lowest BCUT2D eigenvalue weighted by Crippen LogP contribution is -2.30. The van der Waals surface area contributed by atoms with E-state index in [1.165, 1.54) is 0 Å². The molecule has 32 heavy (non-hydrogen) atoms. The molecule has 0 aliphatic carbocycles. The molecule has 1 N–H and O–H groups in total. The van der Waals surface area contributed by atoms with Crippen molar-refractivity contribution in [3.05, 3.63) is 53.9 Å². The molecule has 5 heterocycles. The van der Waals surface area contributed by atoms with Crippen molar-refractivity contribution in [1.82, 2.24) is 34.5 Å². The average Bonchev–Trinajstić information content (AvgIpc) is 3.52. The molecule has 1 fully saturated rings. The van der Waals surface area contributed by atoms with Crippen LogP contribution >= 0.6 is 0 Å². The van der Waals surface area contributed by atoms with Crippen LogP contribution in [-0.2, 0) is 7.05 Å². The molecule has 0 aromatic carbocycles. The first kappa shape index (κ1) is 20.3. The molecule has 5 rings (SSSR count). The summed E-state index contributed by atoms with van der Waals surface area (Å²) >= 11 is 0. The Kier molecular flexibility index (Phi) is 5.15. The van der Waals surface area contributed by atoms with Crippen LogP contribution in [-0.4, -0.2) is 42.3 Å². The summed E-state index contributed by atoms with van der Waals surface area (Å²) in [7, 11) is 1.89. The molecule has 1 saturated heterocycles. The van der Waals surface area contributed by atoms with Crippen LogP contribution in [0.2, 0.25) is 0 Å². The quantitative estimate of drug-likeness (QED) is 0.522. The molecule has 4 aromatic heterocycles. The van der Waals surface area contributed by atoms with E-state index in [9.17, 15) is 5.26 Å². The van der Waals surface area contributed by atoms with Crippen molar-refractivity contribution in [3.63, 3.8) is 0 Å². The molecule has 0 saturated carbocycles. The van der Waals surface area contributed by atoms with Crippen molar-refractivity contribution in [2.45, 2.75) is 38.8 Å². The molecule has 164 valence electrons. The number of nitriles is 1. The molecule has 1 aliphatic rings. The van der Waals surface area contributed by atoms with Crippen molar-refractivity contribution in [1.29, 1.82) is 5.26 Å². The number of ether oxygens (including phenoxy) is 1. The zero-order valence-corrected chi connectivity index (χ0v) is 18.5. The van der Waals surface area contributed by atoms with Gasteiger partial charge in [-0.3, -0.25) is 9.36 Å². The molecular weight excluding hydrogens is 404 g/mol. The fraction of sp³-hybridized carbons (Fsp3) is 0.391. The Morgan fingerprint density at radius 1 is 1.22 bits per heavy atom. The zero-order valence-electron chi connectivity index (χ0n) is 18.5. The molecule has 0 radical (unpaired) electrons. The van der Waals surface area contributed by atoms with Gasteiger partial charge >= 0.3 is 0 Å². The van der Waals surface area contributed by atoms with Crippen LogP contribution in [0, 0.1) is 18.3 Å². The van der Waals surface area contributed by atoms with Gasteiger partial charge in [0.05, 0.1) is 24.1 Å². The Hall–Kier alpha value is -3.64. The second-order valence-electron chi connectivity index (χ2n) is 8.27. The van der Waals surface area contributed by atoms with Crippen LogP contribution in [0.4, 0.5) is 0 Å². The topological polar surface area (TPSA) is 98.0 Å². The number of fused-ring (bicyclic) bond motifs is 1. The highest BCUT2D eigenvalue weighted by Gasteiger charge is 2.22. The number of rotatable bonds is 5. The highest BCUT2D eigenvalue weighted by atomic mass is 16.5. The minimum absolute atomic E-state index is 0.249. The standard InChI is InChI=1S/C23H26N8O/c1-15-20(13-28-31(15)19-4-7-25-8-5-19)17-10-22(23-18(11-24)12-27-30(23)14-17)32-16(2)21-6-9-26-29(21)3/h6,9-10,12-14,16,19,25H,4-5,7-8H2,1-3H3/t16-/m1/s1. The van der Waals surface area contributed by atoms with E-state index in [0.29, 0.717) is 22.9 Å². The number of nitrogens with one attached hydrogen (secondary N) is 1. The number of piperidine rings is 1. The monoisotopic (exact) mass is 430 g/mol. The second kappa shape index (κ2) is 8.13. The first-order chi connectivity index (χ1) is 15.6. The maximum Gasteiger partial charge on any atom is 0.148 e. The molecule has 9 heteroatoms. The maximum atomic E-state index is 9.60. The summed E-state index contributed by atoms with van der Waals surface area (Å²) in [5, 5.41) is 26.4. The molecule has 9 nitrogen and oxygen atoms in total. The second-order valence-corrected chi connectivity index (χ2v) is 8.27. The lowest BCUT2D eigenvalue weighted by atomic mass is 10.0. The third-order valence-corrected chi connectivity index (χ3v) is 6.29. The Labute approximate surface area is 186 Å². The molecule has 4 aromatic rings. The summed E-state index contributed by atoms with van der Waals surface area (Å²) in [4.78, 5) is 0. The molecule has 0 spiro atoms.